The Hall–Kier alpha value is -2.24. The standard InChI is InChI=1S/C11H15N3O3/c1-2-16-8-4-3-5-9(6-8)17-10(15)7-14-11(12)13/h3-6H,2,7H2,1H3,(H4,12,13,14). The first-order valence-electron chi connectivity index (χ1n) is 5.13. The fraction of sp³-hybridized carbons (Fsp3) is 0.273. The molecule has 1 aromatic carbocycles. The molecule has 0 aliphatic heterocycles. The molecule has 0 heterocycles. The smallest absolute Gasteiger partial charge is 0.330 e. The van der Waals surface area contributed by atoms with Crippen molar-refractivity contribution in [1.82, 2.24) is 5.32 Å². The molecule has 0 saturated carbocycles. The van der Waals surface area contributed by atoms with Crippen LogP contribution >= 0.6 is 0 Å². The van der Waals surface area contributed by atoms with Crippen molar-refractivity contribution < 1.29 is 14.3 Å². The topological polar surface area (TPSA) is 97.4 Å². The average Bonchev–Trinajstić information content (AvgIpc) is 2.27. The minimum atomic E-state index is -0.520. The predicted octanol–water partition coefficient (Wildman–Crippen LogP) is 0.474. The fourth-order valence-electron chi connectivity index (χ4n) is 1.13. The van der Waals surface area contributed by atoms with E-state index in [1.54, 1.807) is 24.3 Å². The molecule has 0 aromatic heterocycles. The number of hydrogen-bond acceptors (Lipinski definition) is 4. The summed E-state index contributed by atoms with van der Waals surface area (Å²) >= 11 is 0. The van der Waals surface area contributed by atoms with Crippen LogP contribution in [0.5, 0.6) is 11.5 Å². The SMILES string of the molecule is CCOc1cccc(OC(=O)CNC(=N)N)c1. The van der Waals surface area contributed by atoms with Crippen LogP contribution in [0.15, 0.2) is 24.3 Å². The Morgan fingerprint density at radius 1 is 1.47 bits per heavy atom. The Bertz CT molecular complexity index is 407. The highest BCUT2D eigenvalue weighted by molar-refractivity contribution is 5.82. The van der Waals surface area contributed by atoms with Crippen molar-refractivity contribution in [1.29, 1.82) is 5.41 Å². The maximum absolute atomic E-state index is 11.3. The van der Waals surface area contributed by atoms with E-state index < -0.39 is 5.97 Å². The first-order chi connectivity index (χ1) is 8.11. The first kappa shape index (κ1) is 12.8. The van der Waals surface area contributed by atoms with Crippen LogP contribution in [0.4, 0.5) is 0 Å². The molecule has 0 spiro atoms. The van der Waals surface area contributed by atoms with E-state index in [2.05, 4.69) is 5.32 Å². The van der Waals surface area contributed by atoms with Gasteiger partial charge < -0.3 is 20.5 Å². The summed E-state index contributed by atoms with van der Waals surface area (Å²) in [7, 11) is 0. The summed E-state index contributed by atoms with van der Waals surface area (Å²) in [6.45, 7) is 2.27. The van der Waals surface area contributed by atoms with Gasteiger partial charge >= 0.3 is 5.97 Å². The number of benzene rings is 1. The van der Waals surface area contributed by atoms with Gasteiger partial charge in [-0.25, -0.2) is 4.79 Å². The molecule has 0 aliphatic rings. The van der Waals surface area contributed by atoms with E-state index in [0.717, 1.165) is 0 Å². The Labute approximate surface area is 99.2 Å². The van der Waals surface area contributed by atoms with Crippen LogP contribution in [0.2, 0.25) is 0 Å². The zero-order chi connectivity index (χ0) is 12.7. The maximum Gasteiger partial charge on any atom is 0.330 e. The highest BCUT2D eigenvalue weighted by atomic mass is 16.5. The lowest BCUT2D eigenvalue weighted by atomic mass is 10.3. The molecule has 0 atom stereocenters. The van der Waals surface area contributed by atoms with Crippen molar-refractivity contribution in [3.05, 3.63) is 24.3 Å². The van der Waals surface area contributed by atoms with E-state index >= 15 is 0 Å². The number of nitrogens with one attached hydrogen (secondary N) is 2. The second-order valence-corrected chi connectivity index (χ2v) is 3.15. The number of hydrogen-bond donors (Lipinski definition) is 3. The summed E-state index contributed by atoms with van der Waals surface area (Å²) in [5.41, 5.74) is 5.04. The minimum absolute atomic E-state index is 0.145. The lowest BCUT2D eigenvalue weighted by Crippen LogP contribution is -2.36. The molecular weight excluding hydrogens is 222 g/mol. The van der Waals surface area contributed by atoms with Gasteiger partial charge in [0.1, 0.15) is 18.0 Å². The van der Waals surface area contributed by atoms with E-state index in [-0.39, 0.29) is 12.5 Å². The number of ether oxygens (including phenoxy) is 2. The van der Waals surface area contributed by atoms with Crippen LogP contribution in [0.3, 0.4) is 0 Å². The number of carbonyl (C=O) groups is 1. The number of nitrogens with two attached hydrogens (primary N) is 1. The largest absolute Gasteiger partial charge is 0.494 e. The van der Waals surface area contributed by atoms with E-state index in [0.29, 0.717) is 18.1 Å². The van der Waals surface area contributed by atoms with Crippen molar-refractivity contribution in [3.8, 4) is 11.5 Å². The zero-order valence-electron chi connectivity index (χ0n) is 9.53. The average molecular weight is 237 g/mol. The molecule has 92 valence electrons. The molecule has 0 radical (unpaired) electrons. The zero-order valence-corrected chi connectivity index (χ0v) is 9.53. The third-order valence-corrected chi connectivity index (χ3v) is 1.77. The molecule has 6 nitrogen and oxygen atoms in total. The molecule has 1 rings (SSSR count). The molecule has 0 saturated heterocycles. The van der Waals surface area contributed by atoms with Gasteiger partial charge in [-0.1, -0.05) is 6.07 Å². The number of guanidine groups is 1. The van der Waals surface area contributed by atoms with Gasteiger partial charge in [-0.15, -0.1) is 0 Å². The third kappa shape index (κ3) is 4.87. The Balaban J connectivity index is 2.52. The monoisotopic (exact) mass is 237 g/mol. The fourth-order valence-corrected chi connectivity index (χ4v) is 1.13. The lowest BCUT2D eigenvalue weighted by Gasteiger charge is -2.07. The van der Waals surface area contributed by atoms with Crippen molar-refractivity contribution in [2.75, 3.05) is 13.2 Å². The quantitative estimate of drug-likeness (QED) is 0.299. The second kappa shape index (κ2) is 6.37. The van der Waals surface area contributed by atoms with E-state index in [1.165, 1.54) is 0 Å². The van der Waals surface area contributed by atoms with Gasteiger partial charge in [0.05, 0.1) is 6.61 Å². The van der Waals surface area contributed by atoms with Crippen LogP contribution in [-0.2, 0) is 4.79 Å². The molecule has 0 bridgehead atoms. The van der Waals surface area contributed by atoms with E-state index in [1.807, 2.05) is 6.92 Å². The van der Waals surface area contributed by atoms with Crippen LogP contribution in [0.1, 0.15) is 6.92 Å². The van der Waals surface area contributed by atoms with Crippen LogP contribution < -0.4 is 20.5 Å². The van der Waals surface area contributed by atoms with Crippen molar-refractivity contribution in [2.45, 2.75) is 6.92 Å². The molecular formula is C11H15N3O3. The van der Waals surface area contributed by atoms with Gasteiger partial charge in [0, 0.05) is 6.07 Å². The number of esters is 1. The van der Waals surface area contributed by atoms with Crippen molar-refractivity contribution in [3.63, 3.8) is 0 Å². The van der Waals surface area contributed by atoms with Gasteiger partial charge in [-0.3, -0.25) is 5.41 Å². The molecule has 1 aromatic rings. The highest BCUT2D eigenvalue weighted by Crippen LogP contribution is 2.19. The Kier molecular flexibility index (Phi) is 4.80. The summed E-state index contributed by atoms with van der Waals surface area (Å²) in [6.07, 6.45) is 0. The summed E-state index contributed by atoms with van der Waals surface area (Å²) in [4.78, 5) is 11.3. The molecule has 0 aliphatic carbocycles. The van der Waals surface area contributed by atoms with Crippen LogP contribution in [-0.4, -0.2) is 25.1 Å². The number of carbonyl (C=O) groups excluding carboxylic acids is 1. The normalized spacial score (nSPS) is 9.47. The van der Waals surface area contributed by atoms with Gasteiger partial charge in [-0.05, 0) is 19.1 Å². The first-order valence-corrected chi connectivity index (χ1v) is 5.13. The minimum Gasteiger partial charge on any atom is -0.494 e. The Morgan fingerprint density at radius 2 is 2.18 bits per heavy atom. The summed E-state index contributed by atoms with van der Waals surface area (Å²) < 4.78 is 10.3. The molecule has 6 heteroatoms. The molecule has 0 unspecified atom stereocenters. The summed E-state index contributed by atoms with van der Waals surface area (Å²) in [6, 6.07) is 6.77. The number of rotatable bonds is 5. The molecule has 4 N–H and O–H groups in total. The van der Waals surface area contributed by atoms with Gasteiger partial charge in [0.15, 0.2) is 5.96 Å². The molecule has 0 fully saturated rings. The molecule has 0 amide bonds. The third-order valence-electron chi connectivity index (χ3n) is 1.77. The lowest BCUT2D eigenvalue weighted by molar-refractivity contribution is -0.133. The highest BCUT2D eigenvalue weighted by Gasteiger charge is 2.05. The second-order valence-electron chi connectivity index (χ2n) is 3.15. The Morgan fingerprint density at radius 3 is 2.82 bits per heavy atom. The predicted molar refractivity (Wildman–Crippen MR) is 63.2 cm³/mol. The van der Waals surface area contributed by atoms with Gasteiger partial charge in [0.25, 0.3) is 0 Å². The van der Waals surface area contributed by atoms with Crippen molar-refractivity contribution >= 4 is 11.9 Å². The van der Waals surface area contributed by atoms with Gasteiger partial charge in [-0.2, -0.15) is 0 Å². The van der Waals surface area contributed by atoms with Crippen molar-refractivity contribution in [2.24, 2.45) is 5.73 Å². The summed E-state index contributed by atoms with van der Waals surface area (Å²) in [5, 5.41) is 9.26. The van der Waals surface area contributed by atoms with Crippen LogP contribution in [0, 0.1) is 5.41 Å². The maximum atomic E-state index is 11.3. The van der Waals surface area contributed by atoms with E-state index in [4.69, 9.17) is 20.6 Å². The van der Waals surface area contributed by atoms with Gasteiger partial charge in [0.2, 0.25) is 0 Å². The van der Waals surface area contributed by atoms with Crippen LogP contribution in [0.25, 0.3) is 0 Å². The van der Waals surface area contributed by atoms with E-state index in [9.17, 15) is 4.79 Å². The molecule has 17 heavy (non-hydrogen) atoms. The summed E-state index contributed by atoms with van der Waals surface area (Å²) in [5.74, 6) is 0.238.